The molecule has 0 N–H and O–H groups in total. The van der Waals surface area contributed by atoms with E-state index in [0.717, 1.165) is 22.9 Å². The van der Waals surface area contributed by atoms with Gasteiger partial charge in [-0.2, -0.15) is 8.42 Å². The second-order valence-electron chi connectivity index (χ2n) is 6.44. The van der Waals surface area contributed by atoms with E-state index in [2.05, 4.69) is 10.1 Å². The number of hydrogen-bond acceptors (Lipinski definition) is 8. The second kappa shape index (κ2) is 12.0. The Balaban J connectivity index is 2.01. The van der Waals surface area contributed by atoms with Crippen LogP contribution < -0.4 is 0 Å². The number of ether oxygens (including phenoxy) is 1. The minimum Gasteiger partial charge on any atom is -0.466 e. The lowest BCUT2D eigenvalue weighted by atomic mass is 10.0. The number of nitrogens with zero attached hydrogens (tertiary/aromatic N) is 2. The van der Waals surface area contributed by atoms with E-state index >= 15 is 0 Å². The van der Waals surface area contributed by atoms with Crippen molar-refractivity contribution in [1.29, 1.82) is 0 Å². The van der Waals surface area contributed by atoms with Crippen LogP contribution >= 0.6 is 0 Å². The third kappa shape index (κ3) is 8.71. The Morgan fingerprint density at radius 2 is 1.87 bits per heavy atom. The van der Waals surface area contributed by atoms with Gasteiger partial charge in [0.25, 0.3) is 10.1 Å². The van der Waals surface area contributed by atoms with Gasteiger partial charge in [0.2, 0.25) is 0 Å². The number of pyridine rings is 1. The first-order chi connectivity index (χ1) is 14.4. The van der Waals surface area contributed by atoms with Crippen molar-refractivity contribution < 1.29 is 27.0 Å². The van der Waals surface area contributed by atoms with Gasteiger partial charge in [0.15, 0.2) is 0 Å². The zero-order valence-electron chi connectivity index (χ0n) is 17.1. The van der Waals surface area contributed by atoms with Gasteiger partial charge in [-0.05, 0) is 37.5 Å². The van der Waals surface area contributed by atoms with Crippen molar-refractivity contribution in [3.05, 3.63) is 65.5 Å². The molecule has 30 heavy (non-hydrogen) atoms. The van der Waals surface area contributed by atoms with Crippen molar-refractivity contribution in [3.63, 3.8) is 0 Å². The summed E-state index contributed by atoms with van der Waals surface area (Å²) in [5.41, 5.74) is 2.89. The maximum absolute atomic E-state index is 11.3. The first kappa shape index (κ1) is 23.5. The van der Waals surface area contributed by atoms with E-state index < -0.39 is 10.1 Å². The van der Waals surface area contributed by atoms with Crippen LogP contribution in [0.4, 0.5) is 0 Å². The van der Waals surface area contributed by atoms with Crippen molar-refractivity contribution in [1.82, 2.24) is 4.98 Å². The Morgan fingerprint density at radius 3 is 2.50 bits per heavy atom. The van der Waals surface area contributed by atoms with Crippen molar-refractivity contribution in [2.45, 2.75) is 32.8 Å². The Hall–Kier alpha value is -2.78. The molecule has 0 saturated carbocycles. The molecule has 2 rings (SSSR count). The van der Waals surface area contributed by atoms with E-state index in [1.54, 1.807) is 37.5 Å². The molecular weight excluding hydrogens is 408 g/mol. The molecule has 0 saturated heterocycles. The Bertz CT molecular complexity index is 928. The molecule has 0 atom stereocenters. The average molecular weight is 435 g/mol. The number of esters is 1. The summed E-state index contributed by atoms with van der Waals surface area (Å²) < 4.78 is 32.0. The van der Waals surface area contributed by atoms with Crippen LogP contribution in [-0.4, -0.2) is 44.6 Å². The highest BCUT2D eigenvalue weighted by Gasteiger charge is 2.10. The second-order valence-corrected chi connectivity index (χ2v) is 8.08. The standard InChI is InChI=1S/C21H26N2O6S/c1-3-27-20(24)8-4-5-14-28-23-21(19-7-6-13-22-15-19)18-11-9-17(10-12-18)16-29-30(2,25)26/h6-7,9-13,15H,3-5,8,14,16H2,1-2H3/b23-21-. The summed E-state index contributed by atoms with van der Waals surface area (Å²) >= 11 is 0. The van der Waals surface area contributed by atoms with Crippen LogP contribution in [0.25, 0.3) is 0 Å². The van der Waals surface area contributed by atoms with Crippen LogP contribution in [0, 0.1) is 0 Å². The molecule has 0 spiro atoms. The molecule has 1 heterocycles. The maximum Gasteiger partial charge on any atom is 0.305 e. The van der Waals surface area contributed by atoms with E-state index in [1.807, 2.05) is 18.2 Å². The SMILES string of the molecule is CCOC(=O)CCCCO/N=C(/c1ccc(COS(C)(=O)=O)cc1)c1cccnc1. The third-order valence-electron chi connectivity index (χ3n) is 3.93. The molecule has 0 amide bonds. The number of oxime groups is 1. The van der Waals surface area contributed by atoms with Gasteiger partial charge in [-0.1, -0.05) is 29.4 Å². The van der Waals surface area contributed by atoms with E-state index in [-0.39, 0.29) is 12.6 Å². The summed E-state index contributed by atoms with van der Waals surface area (Å²) in [6, 6.07) is 10.8. The molecule has 1 aromatic carbocycles. The Labute approximate surface area is 177 Å². The summed E-state index contributed by atoms with van der Waals surface area (Å²) in [4.78, 5) is 20.9. The van der Waals surface area contributed by atoms with Gasteiger partial charge in [-0.3, -0.25) is 14.0 Å². The average Bonchev–Trinajstić information content (AvgIpc) is 2.72. The zero-order chi connectivity index (χ0) is 21.8. The molecule has 0 radical (unpaired) electrons. The van der Waals surface area contributed by atoms with E-state index in [4.69, 9.17) is 13.8 Å². The molecule has 2 aromatic rings. The fourth-order valence-electron chi connectivity index (χ4n) is 2.49. The number of unbranched alkanes of at least 4 members (excludes halogenated alkanes) is 1. The zero-order valence-corrected chi connectivity index (χ0v) is 17.9. The third-order valence-corrected chi connectivity index (χ3v) is 4.48. The van der Waals surface area contributed by atoms with Gasteiger partial charge in [0.05, 0.1) is 19.5 Å². The normalized spacial score (nSPS) is 11.9. The topological polar surface area (TPSA) is 104 Å². The quantitative estimate of drug-likeness (QED) is 0.166. The summed E-state index contributed by atoms with van der Waals surface area (Å²) in [7, 11) is -3.50. The maximum atomic E-state index is 11.3. The van der Waals surface area contributed by atoms with Crippen molar-refractivity contribution in [2.24, 2.45) is 5.16 Å². The molecule has 0 fully saturated rings. The fraction of sp³-hybridized carbons (Fsp3) is 0.381. The highest BCUT2D eigenvalue weighted by atomic mass is 32.2. The lowest BCUT2D eigenvalue weighted by molar-refractivity contribution is -0.143. The van der Waals surface area contributed by atoms with Crippen LogP contribution in [0.15, 0.2) is 53.9 Å². The number of carbonyl (C=O) groups excluding carboxylic acids is 1. The predicted octanol–water partition coefficient (Wildman–Crippen LogP) is 3.06. The van der Waals surface area contributed by atoms with Crippen LogP contribution in [-0.2, 0) is 35.3 Å². The van der Waals surface area contributed by atoms with Gasteiger partial charge in [0.1, 0.15) is 12.3 Å². The molecule has 0 unspecified atom stereocenters. The van der Waals surface area contributed by atoms with Crippen molar-refractivity contribution >= 4 is 21.8 Å². The minimum absolute atomic E-state index is 0.0323. The van der Waals surface area contributed by atoms with Gasteiger partial charge in [-0.25, -0.2) is 0 Å². The van der Waals surface area contributed by atoms with Crippen LogP contribution in [0.3, 0.4) is 0 Å². The van der Waals surface area contributed by atoms with Gasteiger partial charge >= 0.3 is 5.97 Å². The molecular formula is C21H26N2O6S. The monoisotopic (exact) mass is 434 g/mol. The van der Waals surface area contributed by atoms with Gasteiger partial charge < -0.3 is 9.57 Å². The molecule has 0 aliphatic heterocycles. The molecule has 1 aromatic heterocycles. The molecule has 8 nitrogen and oxygen atoms in total. The van der Waals surface area contributed by atoms with Crippen LogP contribution in [0.1, 0.15) is 42.9 Å². The van der Waals surface area contributed by atoms with E-state index in [1.165, 1.54) is 0 Å². The number of aromatic nitrogens is 1. The predicted molar refractivity (Wildman–Crippen MR) is 112 cm³/mol. The highest BCUT2D eigenvalue weighted by Crippen LogP contribution is 2.13. The summed E-state index contributed by atoms with van der Waals surface area (Å²) in [6.45, 7) is 2.49. The summed E-state index contributed by atoms with van der Waals surface area (Å²) in [6.07, 6.45) is 6.05. The molecule has 9 heteroatoms. The van der Waals surface area contributed by atoms with Crippen LogP contribution in [0.5, 0.6) is 0 Å². The van der Waals surface area contributed by atoms with Crippen molar-refractivity contribution in [3.8, 4) is 0 Å². The molecule has 0 bridgehead atoms. The van der Waals surface area contributed by atoms with Gasteiger partial charge in [-0.15, -0.1) is 0 Å². The number of carbonyl (C=O) groups is 1. The smallest absolute Gasteiger partial charge is 0.305 e. The fourth-order valence-corrected chi connectivity index (χ4v) is 2.84. The summed E-state index contributed by atoms with van der Waals surface area (Å²) in [5.74, 6) is -0.211. The van der Waals surface area contributed by atoms with Crippen LogP contribution in [0.2, 0.25) is 0 Å². The Morgan fingerprint density at radius 1 is 1.10 bits per heavy atom. The van der Waals surface area contributed by atoms with Gasteiger partial charge in [0, 0.05) is 29.9 Å². The molecule has 0 aliphatic carbocycles. The summed E-state index contributed by atoms with van der Waals surface area (Å²) in [5, 5.41) is 4.27. The minimum atomic E-state index is -3.50. The first-order valence-corrected chi connectivity index (χ1v) is 11.4. The Kier molecular flexibility index (Phi) is 9.43. The lowest BCUT2D eigenvalue weighted by Crippen LogP contribution is -2.07. The highest BCUT2D eigenvalue weighted by molar-refractivity contribution is 7.85. The first-order valence-electron chi connectivity index (χ1n) is 9.58. The number of hydrogen-bond donors (Lipinski definition) is 0. The van der Waals surface area contributed by atoms with E-state index in [0.29, 0.717) is 38.2 Å². The molecule has 162 valence electrons. The number of benzene rings is 1. The van der Waals surface area contributed by atoms with Crippen molar-refractivity contribution in [2.75, 3.05) is 19.5 Å². The van der Waals surface area contributed by atoms with E-state index in [9.17, 15) is 13.2 Å². The number of rotatable bonds is 12. The lowest BCUT2D eigenvalue weighted by Gasteiger charge is -2.09. The largest absolute Gasteiger partial charge is 0.466 e. The molecule has 0 aliphatic rings.